The average Bonchev–Trinajstić information content (AvgIpc) is 2.77. The van der Waals surface area contributed by atoms with E-state index in [9.17, 15) is 4.79 Å². The largest absolute Gasteiger partial charge is 0.399 e. The van der Waals surface area contributed by atoms with E-state index in [0.29, 0.717) is 5.69 Å². The second-order valence-corrected chi connectivity index (χ2v) is 4.97. The first-order valence-electron chi connectivity index (χ1n) is 6.74. The van der Waals surface area contributed by atoms with Gasteiger partial charge in [0.1, 0.15) is 5.76 Å². The number of benzene rings is 1. The smallest absolute Gasteiger partial charge is 0.244 e. The molecule has 1 atom stereocenters. The molecule has 1 heterocycles. The minimum atomic E-state index is -0.167. The van der Waals surface area contributed by atoms with Crippen molar-refractivity contribution in [3.63, 3.8) is 0 Å². The predicted molar refractivity (Wildman–Crippen MR) is 82.4 cm³/mol. The summed E-state index contributed by atoms with van der Waals surface area (Å²) in [5.74, 6) is 0.558. The van der Waals surface area contributed by atoms with Crippen LogP contribution in [0.5, 0.6) is 0 Å². The van der Waals surface area contributed by atoms with E-state index < -0.39 is 0 Å². The van der Waals surface area contributed by atoms with Crippen molar-refractivity contribution in [2.45, 2.75) is 26.8 Å². The van der Waals surface area contributed by atoms with Gasteiger partial charge in [0.2, 0.25) is 5.91 Å². The molecule has 0 aliphatic heterocycles. The lowest BCUT2D eigenvalue weighted by Gasteiger charge is -2.11. The summed E-state index contributed by atoms with van der Waals surface area (Å²) in [6, 6.07) is 7.15. The first kappa shape index (κ1) is 14.8. The molecule has 0 fully saturated rings. The fourth-order valence-electron chi connectivity index (χ4n) is 2.22. The Morgan fingerprint density at radius 2 is 2.00 bits per heavy atom. The van der Waals surface area contributed by atoms with E-state index in [-0.39, 0.29) is 11.9 Å². The van der Waals surface area contributed by atoms with Gasteiger partial charge in [0, 0.05) is 17.3 Å². The maximum atomic E-state index is 11.9. The van der Waals surface area contributed by atoms with Crippen molar-refractivity contribution >= 4 is 17.7 Å². The number of carbonyl (C=O) groups is 1. The lowest BCUT2D eigenvalue weighted by Crippen LogP contribution is -2.25. The monoisotopic (exact) mass is 285 g/mol. The van der Waals surface area contributed by atoms with Crippen LogP contribution in [0, 0.1) is 13.8 Å². The topological polar surface area (TPSA) is 81.2 Å². The minimum Gasteiger partial charge on any atom is -0.399 e. The zero-order valence-electron chi connectivity index (χ0n) is 12.4. The zero-order chi connectivity index (χ0) is 15.4. The van der Waals surface area contributed by atoms with Gasteiger partial charge >= 0.3 is 0 Å². The molecule has 5 nitrogen and oxygen atoms in total. The van der Waals surface area contributed by atoms with Gasteiger partial charge in [-0.15, -0.1) is 0 Å². The first-order chi connectivity index (χ1) is 9.97. The van der Waals surface area contributed by atoms with Crippen molar-refractivity contribution in [2.75, 3.05) is 5.73 Å². The van der Waals surface area contributed by atoms with Crippen LogP contribution in [0.3, 0.4) is 0 Å². The van der Waals surface area contributed by atoms with Gasteiger partial charge in [0.05, 0.1) is 11.7 Å². The third kappa shape index (κ3) is 3.72. The summed E-state index contributed by atoms with van der Waals surface area (Å²) in [7, 11) is 0. The molecule has 0 saturated carbocycles. The highest BCUT2D eigenvalue weighted by Crippen LogP contribution is 2.20. The summed E-state index contributed by atoms with van der Waals surface area (Å²) in [6.45, 7) is 5.60. The van der Waals surface area contributed by atoms with Crippen LogP contribution in [0.15, 0.2) is 34.9 Å². The predicted octanol–water partition coefficient (Wildman–Crippen LogP) is 2.76. The zero-order valence-corrected chi connectivity index (χ0v) is 12.4. The van der Waals surface area contributed by atoms with Crippen LogP contribution >= 0.6 is 0 Å². The van der Waals surface area contributed by atoms with Crippen LogP contribution in [0.25, 0.3) is 6.08 Å². The van der Waals surface area contributed by atoms with Crippen molar-refractivity contribution in [3.05, 3.63) is 52.9 Å². The number of nitrogens with zero attached hydrogens (tertiary/aromatic N) is 1. The third-order valence-electron chi connectivity index (χ3n) is 3.24. The minimum absolute atomic E-state index is 0.153. The molecule has 0 saturated heterocycles. The van der Waals surface area contributed by atoms with Gasteiger partial charge in [0.15, 0.2) is 0 Å². The number of rotatable bonds is 4. The molecule has 1 aromatic carbocycles. The Hall–Kier alpha value is -2.56. The van der Waals surface area contributed by atoms with Gasteiger partial charge < -0.3 is 15.6 Å². The van der Waals surface area contributed by atoms with Crippen molar-refractivity contribution < 1.29 is 9.32 Å². The fourth-order valence-corrected chi connectivity index (χ4v) is 2.22. The highest BCUT2D eigenvalue weighted by Gasteiger charge is 2.17. The van der Waals surface area contributed by atoms with Crippen molar-refractivity contribution in [2.24, 2.45) is 0 Å². The highest BCUT2D eigenvalue weighted by atomic mass is 16.5. The van der Waals surface area contributed by atoms with E-state index in [1.165, 1.54) is 6.08 Å². The Morgan fingerprint density at radius 3 is 2.57 bits per heavy atom. The summed E-state index contributed by atoms with van der Waals surface area (Å²) in [5.41, 5.74) is 8.95. The van der Waals surface area contributed by atoms with Crippen LogP contribution in [0.4, 0.5) is 5.69 Å². The maximum absolute atomic E-state index is 11.9. The van der Waals surface area contributed by atoms with Crippen LogP contribution < -0.4 is 11.1 Å². The Kier molecular flexibility index (Phi) is 4.42. The summed E-state index contributed by atoms with van der Waals surface area (Å²) >= 11 is 0. The average molecular weight is 285 g/mol. The lowest BCUT2D eigenvalue weighted by atomic mass is 10.1. The quantitative estimate of drug-likeness (QED) is 0.668. The van der Waals surface area contributed by atoms with Gasteiger partial charge in [-0.3, -0.25) is 4.79 Å². The van der Waals surface area contributed by atoms with E-state index in [0.717, 1.165) is 22.6 Å². The molecular weight excluding hydrogens is 266 g/mol. The van der Waals surface area contributed by atoms with Crippen LogP contribution in [0.1, 0.15) is 35.5 Å². The molecule has 1 amide bonds. The molecular formula is C16H19N3O2. The number of amides is 1. The Morgan fingerprint density at radius 1 is 1.33 bits per heavy atom. The van der Waals surface area contributed by atoms with Crippen LogP contribution in [-0.2, 0) is 4.79 Å². The number of hydrogen-bond donors (Lipinski definition) is 2. The molecule has 110 valence electrons. The number of aromatic nitrogens is 1. The second-order valence-electron chi connectivity index (χ2n) is 4.97. The van der Waals surface area contributed by atoms with Gasteiger partial charge in [-0.05, 0) is 44.5 Å². The molecule has 0 aliphatic rings. The molecule has 0 aliphatic carbocycles. The fraction of sp³-hybridized carbons (Fsp3) is 0.250. The van der Waals surface area contributed by atoms with Gasteiger partial charge in [-0.2, -0.15) is 0 Å². The number of hydrogen-bond acceptors (Lipinski definition) is 4. The van der Waals surface area contributed by atoms with Crippen molar-refractivity contribution in [1.82, 2.24) is 10.5 Å². The number of carbonyl (C=O) groups excluding carboxylic acids is 1. The molecule has 1 unspecified atom stereocenters. The molecule has 0 radical (unpaired) electrons. The van der Waals surface area contributed by atoms with Crippen LogP contribution in [0.2, 0.25) is 0 Å². The summed E-state index contributed by atoms with van der Waals surface area (Å²) in [4.78, 5) is 11.9. The van der Waals surface area contributed by atoms with E-state index in [1.54, 1.807) is 18.2 Å². The van der Waals surface area contributed by atoms with E-state index in [4.69, 9.17) is 10.3 Å². The lowest BCUT2D eigenvalue weighted by molar-refractivity contribution is -0.117. The molecule has 0 bridgehead atoms. The summed E-state index contributed by atoms with van der Waals surface area (Å²) in [6.07, 6.45) is 3.25. The van der Waals surface area contributed by atoms with Crippen molar-refractivity contribution in [3.8, 4) is 0 Å². The third-order valence-corrected chi connectivity index (χ3v) is 3.24. The Bertz CT molecular complexity index is 637. The number of anilines is 1. The SMILES string of the molecule is Cc1noc(C)c1C(C)NC(=O)/C=C/c1ccc(N)cc1. The molecule has 21 heavy (non-hydrogen) atoms. The second kappa shape index (κ2) is 6.26. The molecule has 1 aromatic heterocycles. The molecule has 3 N–H and O–H groups in total. The van der Waals surface area contributed by atoms with Gasteiger partial charge in [0.25, 0.3) is 0 Å². The molecule has 2 aromatic rings. The summed E-state index contributed by atoms with van der Waals surface area (Å²) < 4.78 is 5.11. The number of nitrogens with two attached hydrogens (primary N) is 1. The maximum Gasteiger partial charge on any atom is 0.244 e. The van der Waals surface area contributed by atoms with E-state index in [2.05, 4.69) is 10.5 Å². The standard InChI is InChI=1S/C16H19N3O2/c1-10(16-11(2)19-21-12(16)3)18-15(20)9-6-13-4-7-14(17)8-5-13/h4-10H,17H2,1-3H3,(H,18,20)/b9-6+. The normalized spacial score (nSPS) is 12.5. The van der Waals surface area contributed by atoms with Crippen LogP contribution in [-0.4, -0.2) is 11.1 Å². The van der Waals surface area contributed by atoms with Gasteiger partial charge in [-0.25, -0.2) is 0 Å². The highest BCUT2D eigenvalue weighted by molar-refractivity contribution is 5.92. The summed E-state index contributed by atoms with van der Waals surface area (Å²) in [5, 5.41) is 6.79. The number of nitrogen functional groups attached to an aromatic ring is 1. The van der Waals surface area contributed by atoms with Gasteiger partial charge in [-0.1, -0.05) is 17.3 Å². The van der Waals surface area contributed by atoms with Crippen molar-refractivity contribution in [1.29, 1.82) is 0 Å². The molecule has 2 rings (SSSR count). The molecule has 0 spiro atoms. The van der Waals surface area contributed by atoms with E-state index in [1.807, 2.05) is 32.9 Å². The Balaban J connectivity index is 2.00. The van der Waals surface area contributed by atoms with E-state index >= 15 is 0 Å². The number of aryl methyl sites for hydroxylation is 2. The molecule has 5 heteroatoms. The first-order valence-corrected chi connectivity index (χ1v) is 6.74. The Labute approximate surface area is 123 Å². The number of nitrogens with one attached hydrogen (secondary N) is 1.